The number of rotatable bonds is 4. The van der Waals surface area contributed by atoms with E-state index in [2.05, 4.69) is 0 Å². The molecule has 2 N–H and O–H groups in total. The van der Waals surface area contributed by atoms with Crippen LogP contribution in [0, 0.1) is 0 Å². The summed E-state index contributed by atoms with van der Waals surface area (Å²) in [7, 11) is 3.18. The van der Waals surface area contributed by atoms with Crippen molar-refractivity contribution in [2.24, 2.45) is 5.73 Å². The summed E-state index contributed by atoms with van der Waals surface area (Å²) in [5, 5.41) is 0.292. The van der Waals surface area contributed by atoms with Crippen LogP contribution in [0.4, 0.5) is 0 Å². The van der Waals surface area contributed by atoms with Gasteiger partial charge in [-0.2, -0.15) is 0 Å². The van der Waals surface area contributed by atoms with E-state index in [1.807, 2.05) is 12.1 Å². The Bertz CT molecular complexity index is 539. The van der Waals surface area contributed by atoms with Gasteiger partial charge in [0.1, 0.15) is 11.5 Å². The van der Waals surface area contributed by atoms with Crippen LogP contribution in [-0.4, -0.2) is 14.2 Å². The van der Waals surface area contributed by atoms with Crippen molar-refractivity contribution in [2.75, 3.05) is 14.2 Å². The lowest BCUT2D eigenvalue weighted by Crippen LogP contribution is -2.12. The van der Waals surface area contributed by atoms with Crippen LogP contribution in [0.2, 0.25) is 5.22 Å². The van der Waals surface area contributed by atoms with Gasteiger partial charge in [0.05, 0.1) is 26.5 Å². The van der Waals surface area contributed by atoms with Crippen LogP contribution in [0.15, 0.2) is 34.9 Å². The van der Waals surface area contributed by atoms with Gasteiger partial charge in [-0.05, 0) is 29.8 Å². The molecule has 96 valence electrons. The Balaban J connectivity index is 2.41. The number of hydrogen-bond donors (Lipinski definition) is 1. The lowest BCUT2D eigenvalue weighted by molar-refractivity contribution is 0.390. The maximum absolute atomic E-state index is 6.16. The van der Waals surface area contributed by atoms with Crippen molar-refractivity contribution in [2.45, 2.75) is 6.04 Å². The van der Waals surface area contributed by atoms with E-state index in [9.17, 15) is 0 Å². The lowest BCUT2D eigenvalue weighted by atomic mass is 10.0. The second-order valence-electron chi connectivity index (χ2n) is 3.74. The molecule has 0 spiro atoms. The fourth-order valence-corrected chi connectivity index (χ4v) is 2.00. The van der Waals surface area contributed by atoms with Gasteiger partial charge in [0.25, 0.3) is 0 Å². The molecule has 18 heavy (non-hydrogen) atoms. The van der Waals surface area contributed by atoms with Gasteiger partial charge in [-0.15, -0.1) is 0 Å². The summed E-state index contributed by atoms with van der Waals surface area (Å²) in [6, 6.07) is 6.80. The fourth-order valence-electron chi connectivity index (χ4n) is 1.77. The number of nitrogens with two attached hydrogens (primary N) is 1. The Morgan fingerprint density at radius 1 is 1.17 bits per heavy atom. The van der Waals surface area contributed by atoms with Crippen molar-refractivity contribution < 1.29 is 13.9 Å². The standard InChI is InChI=1S/C13H14ClNO3/c1-16-8-3-4-9(11(7-8)17-2)12(15)10-5-6-18-13(10)14/h3-7,12H,15H2,1-2H3. The molecule has 0 saturated carbocycles. The number of hydrogen-bond acceptors (Lipinski definition) is 4. The third-order valence-corrected chi connectivity index (χ3v) is 3.06. The lowest BCUT2D eigenvalue weighted by Gasteiger charge is -2.15. The second-order valence-corrected chi connectivity index (χ2v) is 4.08. The van der Waals surface area contributed by atoms with Crippen molar-refractivity contribution in [1.82, 2.24) is 0 Å². The molecule has 0 aliphatic rings. The Labute approximate surface area is 110 Å². The first-order valence-corrected chi connectivity index (χ1v) is 5.75. The number of furan rings is 1. The minimum absolute atomic E-state index is 0.292. The molecular formula is C13H14ClNO3. The van der Waals surface area contributed by atoms with Crippen LogP contribution < -0.4 is 15.2 Å². The van der Waals surface area contributed by atoms with E-state index in [4.69, 9.17) is 31.2 Å². The zero-order chi connectivity index (χ0) is 13.1. The zero-order valence-electron chi connectivity index (χ0n) is 10.1. The van der Waals surface area contributed by atoms with E-state index >= 15 is 0 Å². The van der Waals surface area contributed by atoms with Gasteiger partial charge < -0.3 is 19.6 Å². The third kappa shape index (κ3) is 2.30. The van der Waals surface area contributed by atoms with E-state index in [0.29, 0.717) is 16.7 Å². The summed E-state index contributed by atoms with van der Waals surface area (Å²) < 4.78 is 15.5. The molecule has 0 bridgehead atoms. The van der Waals surface area contributed by atoms with E-state index in [-0.39, 0.29) is 0 Å². The zero-order valence-corrected chi connectivity index (χ0v) is 10.9. The van der Waals surface area contributed by atoms with Crippen LogP contribution in [0.25, 0.3) is 0 Å². The molecule has 0 fully saturated rings. The number of ether oxygens (including phenoxy) is 2. The first-order valence-electron chi connectivity index (χ1n) is 5.37. The predicted molar refractivity (Wildman–Crippen MR) is 69.3 cm³/mol. The van der Waals surface area contributed by atoms with Gasteiger partial charge in [0.2, 0.25) is 0 Å². The SMILES string of the molecule is COc1ccc(C(N)c2ccoc2Cl)c(OC)c1. The van der Waals surface area contributed by atoms with Gasteiger partial charge in [-0.25, -0.2) is 0 Å². The minimum Gasteiger partial charge on any atom is -0.497 e. The predicted octanol–water partition coefficient (Wildman–Crippen LogP) is 3.00. The molecule has 1 heterocycles. The van der Waals surface area contributed by atoms with Crippen LogP contribution in [-0.2, 0) is 0 Å². The highest BCUT2D eigenvalue weighted by Crippen LogP contribution is 2.34. The van der Waals surface area contributed by atoms with Crippen LogP contribution in [0.3, 0.4) is 0 Å². The van der Waals surface area contributed by atoms with E-state index in [1.165, 1.54) is 6.26 Å². The summed E-state index contributed by atoms with van der Waals surface area (Å²) >= 11 is 5.93. The Morgan fingerprint density at radius 2 is 1.94 bits per heavy atom. The molecule has 5 heteroatoms. The van der Waals surface area contributed by atoms with Gasteiger partial charge in [-0.1, -0.05) is 0 Å². The average Bonchev–Trinajstić information content (AvgIpc) is 2.83. The van der Waals surface area contributed by atoms with Crippen molar-refractivity contribution in [3.8, 4) is 11.5 Å². The fraction of sp³-hybridized carbons (Fsp3) is 0.231. The first kappa shape index (κ1) is 12.8. The van der Waals surface area contributed by atoms with Crippen molar-refractivity contribution in [3.05, 3.63) is 46.9 Å². The highest BCUT2D eigenvalue weighted by atomic mass is 35.5. The summed E-state index contributed by atoms with van der Waals surface area (Å²) in [5.41, 5.74) is 7.71. The van der Waals surface area contributed by atoms with Gasteiger partial charge in [-0.3, -0.25) is 0 Å². The maximum Gasteiger partial charge on any atom is 0.198 e. The molecule has 0 saturated heterocycles. The van der Waals surface area contributed by atoms with E-state index in [1.54, 1.807) is 26.4 Å². The second kappa shape index (κ2) is 5.33. The van der Waals surface area contributed by atoms with Crippen molar-refractivity contribution in [3.63, 3.8) is 0 Å². The molecule has 1 aromatic heterocycles. The van der Waals surface area contributed by atoms with E-state index in [0.717, 1.165) is 11.1 Å². The molecule has 0 amide bonds. The quantitative estimate of drug-likeness (QED) is 0.925. The largest absolute Gasteiger partial charge is 0.497 e. The van der Waals surface area contributed by atoms with Gasteiger partial charge in [0, 0.05) is 17.2 Å². The van der Waals surface area contributed by atoms with Crippen LogP contribution >= 0.6 is 11.6 Å². The highest BCUT2D eigenvalue weighted by Gasteiger charge is 2.19. The van der Waals surface area contributed by atoms with Gasteiger partial charge in [0.15, 0.2) is 5.22 Å². The number of halogens is 1. The summed E-state index contributed by atoms with van der Waals surface area (Å²) in [6.45, 7) is 0. The van der Waals surface area contributed by atoms with Crippen LogP contribution in [0.1, 0.15) is 17.2 Å². The maximum atomic E-state index is 6.16. The minimum atomic E-state index is -0.405. The Morgan fingerprint density at radius 3 is 2.50 bits per heavy atom. The summed E-state index contributed by atoms with van der Waals surface area (Å²) in [6.07, 6.45) is 1.51. The van der Waals surface area contributed by atoms with Gasteiger partial charge >= 0.3 is 0 Å². The number of methoxy groups -OCH3 is 2. The monoisotopic (exact) mass is 267 g/mol. The van der Waals surface area contributed by atoms with Crippen LogP contribution in [0.5, 0.6) is 11.5 Å². The molecule has 1 aromatic carbocycles. The van der Waals surface area contributed by atoms with Crippen molar-refractivity contribution in [1.29, 1.82) is 0 Å². The molecule has 0 radical (unpaired) electrons. The third-order valence-electron chi connectivity index (χ3n) is 2.76. The molecule has 1 unspecified atom stereocenters. The molecule has 0 aliphatic heterocycles. The van der Waals surface area contributed by atoms with E-state index < -0.39 is 6.04 Å². The molecule has 0 aliphatic carbocycles. The average molecular weight is 268 g/mol. The molecule has 1 atom stereocenters. The summed E-state index contributed by atoms with van der Waals surface area (Å²) in [4.78, 5) is 0. The number of benzene rings is 1. The molecule has 2 aromatic rings. The first-order chi connectivity index (χ1) is 8.67. The Kier molecular flexibility index (Phi) is 3.79. The Hall–Kier alpha value is -1.65. The highest BCUT2D eigenvalue weighted by molar-refractivity contribution is 6.29. The topological polar surface area (TPSA) is 57.6 Å². The smallest absolute Gasteiger partial charge is 0.198 e. The molecule has 2 rings (SSSR count). The molecule has 4 nitrogen and oxygen atoms in total. The van der Waals surface area contributed by atoms with Crippen molar-refractivity contribution >= 4 is 11.6 Å². The summed E-state index contributed by atoms with van der Waals surface area (Å²) in [5.74, 6) is 1.36. The normalized spacial score (nSPS) is 12.2. The molecular weight excluding hydrogens is 254 g/mol.